The lowest BCUT2D eigenvalue weighted by Crippen LogP contribution is -2.20. The van der Waals surface area contributed by atoms with Gasteiger partial charge in [-0.05, 0) is 12.1 Å². The average Bonchev–Trinajstić information content (AvgIpc) is 2.17. The zero-order valence-corrected chi connectivity index (χ0v) is 6.95. The number of pyridine rings is 1. The van der Waals surface area contributed by atoms with Crippen molar-refractivity contribution >= 4 is 11.6 Å². The van der Waals surface area contributed by atoms with E-state index in [1.807, 2.05) is 12.1 Å². The van der Waals surface area contributed by atoms with Crippen LogP contribution in [0.2, 0.25) is 0 Å². The maximum atomic E-state index is 10.9. The van der Waals surface area contributed by atoms with Gasteiger partial charge < -0.3 is 11.1 Å². The molecule has 1 aliphatic heterocycles. The Hall–Kier alpha value is -1.84. The van der Waals surface area contributed by atoms with Gasteiger partial charge in [0.2, 0.25) is 5.91 Å². The van der Waals surface area contributed by atoms with Gasteiger partial charge in [-0.15, -0.1) is 0 Å². The van der Waals surface area contributed by atoms with Crippen LogP contribution < -0.4 is 11.1 Å². The van der Waals surface area contributed by atoms with Crippen LogP contribution in [-0.2, 0) is 11.2 Å². The quantitative estimate of drug-likeness (QED) is 0.650. The number of hydrogen-bond acceptors (Lipinski definition) is 3. The van der Waals surface area contributed by atoms with Gasteiger partial charge in [0.15, 0.2) is 0 Å². The second kappa shape index (κ2) is 2.90. The number of carbonyl (C=O) groups is 1. The van der Waals surface area contributed by atoms with E-state index in [0.717, 1.165) is 11.4 Å². The molecule has 1 aromatic heterocycles. The molecule has 0 bridgehead atoms. The smallest absolute Gasteiger partial charge is 0.246 e. The third-order valence-electron chi connectivity index (χ3n) is 1.97. The topological polar surface area (TPSA) is 68.0 Å². The van der Waals surface area contributed by atoms with E-state index in [0.29, 0.717) is 12.0 Å². The molecule has 0 aliphatic carbocycles. The number of hydrogen-bond donors (Lipinski definition) is 2. The van der Waals surface area contributed by atoms with Crippen molar-refractivity contribution in [2.75, 3.05) is 5.32 Å². The highest BCUT2D eigenvalue weighted by atomic mass is 16.1. The van der Waals surface area contributed by atoms with E-state index in [1.54, 1.807) is 12.4 Å². The number of anilines is 1. The highest BCUT2D eigenvalue weighted by Crippen LogP contribution is 2.20. The maximum absolute atomic E-state index is 10.9. The predicted octanol–water partition coefficient (Wildman–Crippen LogP) is 0.419. The van der Waals surface area contributed by atoms with Crippen molar-refractivity contribution in [3.63, 3.8) is 0 Å². The lowest BCUT2D eigenvalue weighted by Gasteiger charge is -2.14. The number of fused-ring (bicyclic) bond motifs is 1. The molecule has 1 aromatic rings. The molecule has 0 fully saturated rings. The minimum Gasteiger partial charge on any atom is -0.366 e. The fourth-order valence-electron chi connectivity index (χ4n) is 1.26. The summed E-state index contributed by atoms with van der Waals surface area (Å²) in [7, 11) is 0. The Morgan fingerprint density at radius 3 is 3.23 bits per heavy atom. The molecular formula is C9H9N3O. The third kappa shape index (κ3) is 1.38. The molecule has 0 spiro atoms. The summed E-state index contributed by atoms with van der Waals surface area (Å²) in [6.45, 7) is 0. The Balaban J connectivity index is 2.33. The van der Waals surface area contributed by atoms with Crippen molar-refractivity contribution in [1.82, 2.24) is 4.98 Å². The molecule has 66 valence electrons. The third-order valence-corrected chi connectivity index (χ3v) is 1.97. The summed E-state index contributed by atoms with van der Waals surface area (Å²) in [6.07, 6.45) is 3.84. The highest BCUT2D eigenvalue weighted by Gasteiger charge is 2.14. The number of nitrogens with zero attached hydrogens (tertiary/aromatic N) is 1. The predicted molar refractivity (Wildman–Crippen MR) is 48.8 cm³/mol. The van der Waals surface area contributed by atoms with Crippen LogP contribution in [-0.4, -0.2) is 10.9 Å². The van der Waals surface area contributed by atoms with Gasteiger partial charge in [0.25, 0.3) is 0 Å². The van der Waals surface area contributed by atoms with Crippen molar-refractivity contribution < 1.29 is 4.79 Å². The normalized spacial score (nSPS) is 14.0. The van der Waals surface area contributed by atoms with Gasteiger partial charge in [-0.25, -0.2) is 0 Å². The van der Waals surface area contributed by atoms with Gasteiger partial charge in [0.1, 0.15) is 0 Å². The number of rotatable bonds is 1. The van der Waals surface area contributed by atoms with Crippen LogP contribution in [0.3, 0.4) is 0 Å². The fraction of sp³-hybridized carbons (Fsp3) is 0.111. The summed E-state index contributed by atoms with van der Waals surface area (Å²) in [5, 5.41) is 2.97. The van der Waals surface area contributed by atoms with Crippen LogP contribution in [0.1, 0.15) is 5.69 Å². The molecule has 0 unspecified atom stereocenters. The Labute approximate surface area is 75.5 Å². The SMILES string of the molecule is NC(=O)C1=CNc2cccnc2C1. The van der Waals surface area contributed by atoms with Gasteiger partial charge in [-0.3, -0.25) is 9.78 Å². The minimum atomic E-state index is -0.399. The summed E-state index contributed by atoms with van der Waals surface area (Å²) in [5.74, 6) is -0.399. The van der Waals surface area contributed by atoms with E-state index in [9.17, 15) is 4.79 Å². The molecule has 0 saturated heterocycles. The van der Waals surface area contributed by atoms with E-state index in [2.05, 4.69) is 10.3 Å². The number of nitrogens with one attached hydrogen (secondary N) is 1. The number of carbonyl (C=O) groups excluding carboxylic acids is 1. The van der Waals surface area contributed by atoms with Crippen LogP contribution in [0.4, 0.5) is 5.69 Å². The second-order valence-electron chi connectivity index (χ2n) is 2.85. The standard InChI is InChI=1S/C9H9N3O/c10-9(13)6-4-8-7(12-5-6)2-1-3-11-8/h1-3,5,12H,4H2,(H2,10,13). The lowest BCUT2D eigenvalue weighted by molar-refractivity contribution is -0.114. The molecule has 4 nitrogen and oxygen atoms in total. The van der Waals surface area contributed by atoms with Gasteiger partial charge in [0, 0.05) is 24.4 Å². The van der Waals surface area contributed by atoms with Crippen LogP contribution >= 0.6 is 0 Å². The summed E-state index contributed by atoms with van der Waals surface area (Å²) in [5.41, 5.74) is 7.51. The van der Waals surface area contributed by atoms with E-state index in [-0.39, 0.29) is 0 Å². The lowest BCUT2D eigenvalue weighted by atomic mass is 10.1. The Bertz CT molecular complexity index is 384. The minimum absolute atomic E-state index is 0.399. The first kappa shape index (κ1) is 7.79. The first-order valence-electron chi connectivity index (χ1n) is 3.96. The molecule has 13 heavy (non-hydrogen) atoms. The number of primary amides is 1. The molecule has 0 saturated carbocycles. The first-order chi connectivity index (χ1) is 6.27. The van der Waals surface area contributed by atoms with Gasteiger partial charge in [-0.1, -0.05) is 0 Å². The van der Waals surface area contributed by atoms with Crippen LogP contribution in [0, 0.1) is 0 Å². The fourth-order valence-corrected chi connectivity index (χ4v) is 1.26. The zero-order valence-electron chi connectivity index (χ0n) is 6.95. The Morgan fingerprint density at radius 2 is 2.46 bits per heavy atom. The summed E-state index contributed by atoms with van der Waals surface area (Å²) < 4.78 is 0. The molecule has 2 heterocycles. The summed E-state index contributed by atoms with van der Waals surface area (Å²) >= 11 is 0. The number of nitrogens with two attached hydrogens (primary N) is 1. The first-order valence-corrected chi connectivity index (χ1v) is 3.96. The Kier molecular flexibility index (Phi) is 1.73. The molecule has 1 aliphatic rings. The number of aromatic nitrogens is 1. The van der Waals surface area contributed by atoms with Gasteiger partial charge in [-0.2, -0.15) is 0 Å². The molecule has 1 amide bonds. The molecule has 2 rings (SSSR count). The van der Waals surface area contributed by atoms with Crippen LogP contribution in [0.5, 0.6) is 0 Å². The van der Waals surface area contributed by atoms with Crippen LogP contribution in [0.25, 0.3) is 0 Å². The van der Waals surface area contributed by atoms with Crippen molar-refractivity contribution in [2.24, 2.45) is 5.73 Å². The molecule has 0 aromatic carbocycles. The van der Waals surface area contributed by atoms with Crippen molar-refractivity contribution in [3.8, 4) is 0 Å². The zero-order chi connectivity index (χ0) is 9.26. The second-order valence-corrected chi connectivity index (χ2v) is 2.85. The number of amides is 1. The van der Waals surface area contributed by atoms with E-state index >= 15 is 0 Å². The van der Waals surface area contributed by atoms with Gasteiger partial charge in [0.05, 0.1) is 11.4 Å². The largest absolute Gasteiger partial charge is 0.366 e. The van der Waals surface area contributed by atoms with Crippen LogP contribution in [0.15, 0.2) is 30.1 Å². The van der Waals surface area contributed by atoms with E-state index < -0.39 is 5.91 Å². The molecule has 4 heteroatoms. The van der Waals surface area contributed by atoms with Crippen molar-refractivity contribution in [3.05, 3.63) is 35.8 Å². The molecule has 3 N–H and O–H groups in total. The van der Waals surface area contributed by atoms with Crippen molar-refractivity contribution in [1.29, 1.82) is 0 Å². The molecular weight excluding hydrogens is 166 g/mol. The average molecular weight is 175 g/mol. The monoisotopic (exact) mass is 175 g/mol. The molecule has 0 atom stereocenters. The molecule has 0 radical (unpaired) electrons. The van der Waals surface area contributed by atoms with E-state index in [4.69, 9.17) is 5.73 Å². The van der Waals surface area contributed by atoms with Gasteiger partial charge >= 0.3 is 0 Å². The Morgan fingerprint density at radius 1 is 1.62 bits per heavy atom. The van der Waals surface area contributed by atoms with Crippen molar-refractivity contribution in [2.45, 2.75) is 6.42 Å². The highest BCUT2D eigenvalue weighted by molar-refractivity contribution is 5.93. The summed E-state index contributed by atoms with van der Waals surface area (Å²) in [4.78, 5) is 15.0. The maximum Gasteiger partial charge on any atom is 0.246 e. The summed E-state index contributed by atoms with van der Waals surface area (Å²) in [6, 6.07) is 3.76. The van der Waals surface area contributed by atoms with E-state index in [1.165, 1.54) is 0 Å².